The number of piperidine rings is 1. The van der Waals surface area contributed by atoms with E-state index in [-0.39, 0.29) is 11.4 Å². The van der Waals surface area contributed by atoms with Crippen LogP contribution >= 0.6 is 11.8 Å². The first-order valence-corrected chi connectivity index (χ1v) is 13.0. The van der Waals surface area contributed by atoms with E-state index in [1.165, 1.54) is 17.3 Å². The van der Waals surface area contributed by atoms with Crippen LogP contribution in [0.5, 0.6) is 0 Å². The number of benzene rings is 2. The zero-order valence-electron chi connectivity index (χ0n) is 19.8. The molecule has 2 aromatic carbocycles. The molecule has 0 aliphatic carbocycles. The van der Waals surface area contributed by atoms with Gasteiger partial charge in [0, 0.05) is 30.3 Å². The van der Waals surface area contributed by atoms with Crippen LogP contribution in [0.1, 0.15) is 46.1 Å². The topological polar surface area (TPSA) is 95.4 Å². The molecule has 0 spiro atoms. The summed E-state index contributed by atoms with van der Waals surface area (Å²) in [6.45, 7) is 3.43. The molecule has 2 heterocycles. The first kappa shape index (κ1) is 24.7. The summed E-state index contributed by atoms with van der Waals surface area (Å²) in [4.78, 5) is 35.8. The van der Waals surface area contributed by atoms with Crippen LogP contribution in [0.15, 0.2) is 66.7 Å². The van der Waals surface area contributed by atoms with Crippen molar-refractivity contribution in [3.8, 4) is 0 Å². The average molecular weight is 491 g/mol. The van der Waals surface area contributed by atoms with E-state index in [4.69, 9.17) is 0 Å². The summed E-state index contributed by atoms with van der Waals surface area (Å²) in [5, 5.41) is 12.3. The molecule has 1 aliphatic heterocycles. The Morgan fingerprint density at radius 2 is 1.71 bits per heavy atom. The molecule has 1 atom stereocenters. The number of anilines is 1. The normalized spacial score (nSPS) is 14.9. The smallest absolute Gasteiger partial charge is 0.327 e. The van der Waals surface area contributed by atoms with Gasteiger partial charge in [0.05, 0.1) is 0 Å². The Kier molecular flexibility index (Phi) is 8.36. The number of hydrogen-bond acceptors (Lipinski definition) is 6. The van der Waals surface area contributed by atoms with E-state index in [0.717, 1.165) is 31.5 Å². The molecule has 1 aromatic heterocycles. The minimum absolute atomic E-state index is 0.192. The maximum absolute atomic E-state index is 12.9. The summed E-state index contributed by atoms with van der Waals surface area (Å²) >= 11 is 1.47. The molecule has 1 aliphatic rings. The van der Waals surface area contributed by atoms with Crippen LogP contribution in [0.4, 0.5) is 5.95 Å². The Balaban J connectivity index is 1.37. The number of aromatic nitrogens is 2. The van der Waals surface area contributed by atoms with Crippen molar-refractivity contribution in [2.75, 3.05) is 23.7 Å². The molecule has 8 heteroatoms. The maximum atomic E-state index is 12.9. The third-order valence-electron chi connectivity index (χ3n) is 6.12. The number of nitrogens with zero attached hydrogens (tertiary/aromatic N) is 3. The van der Waals surface area contributed by atoms with Crippen molar-refractivity contribution in [3.05, 3.63) is 89.2 Å². The molecule has 182 valence electrons. The third-order valence-corrected chi connectivity index (χ3v) is 7.23. The first-order valence-electron chi connectivity index (χ1n) is 11.8. The molecule has 1 saturated heterocycles. The first-order chi connectivity index (χ1) is 17.0. The highest BCUT2D eigenvalue weighted by Crippen LogP contribution is 2.29. The second-order valence-corrected chi connectivity index (χ2v) is 9.76. The number of aliphatic carboxylic acids is 1. The number of rotatable bonds is 9. The van der Waals surface area contributed by atoms with E-state index in [1.807, 2.05) is 43.3 Å². The molecular weight excluding hydrogens is 460 g/mol. The lowest BCUT2D eigenvalue weighted by molar-refractivity contribution is -0.138. The van der Waals surface area contributed by atoms with Gasteiger partial charge in [0.15, 0.2) is 0 Å². The van der Waals surface area contributed by atoms with Gasteiger partial charge in [-0.3, -0.25) is 4.79 Å². The Morgan fingerprint density at radius 1 is 1.06 bits per heavy atom. The number of carboxylic acid groups (broad SMARTS) is 1. The van der Waals surface area contributed by atoms with Crippen LogP contribution in [0, 0.1) is 6.92 Å². The van der Waals surface area contributed by atoms with E-state index in [2.05, 4.69) is 44.5 Å². The fourth-order valence-corrected chi connectivity index (χ4v) is 5.23. The van der Waals surface area contributed by atoms with E-state index in [0.29, 0.717) is 23.3 Å². The Hall–Kier alpha value is -3.39. The highest BCUT2D eigenvalue weighted by molar-refractivity contribution is 7.98. The van der Waals surface area contributed by atoms with Crippen LogP contribution < -0.4 is 10.2 Å². The van der Waals surface area contributed by atoms with E-state index >= 15 is 0 Å². The molecule has 2 N–H and O–H groups in total. The Labute approximate surface area is 210 Å². The number of thioether (sulfide) groups is 1. The second kappa shape index (κ2) is 11.8. The van der Waals surface area contributed by atoms with E-state index in [9.17, 15) is 14.7 Å². The molecule has 35 heavy (non-hydrogen) atoms. The lowest BCUT2D eigenvalue weighted by atomic mass is 9.90. The predicted molar refractivity (Wildman–Crippen MR) is 139 cm³/mol. The number of hydrogen-bond donors (Lipinski definition) is 2. The van der Waals surface area contributed by atoms with Crippen LogP contribution in [-0.4, -0.2) is 51.8 Å². The lowest BCUT2D eigenvalue weighted by Gasteiger charge is -2.32. The maximum Gasteiger partial charge on any atom is 0.327 e. The fourth-order valence-electron chi connectivity index (χ4n) is 4.22. The minimum Gasteiger partial charge on any atom is -0.480 e. The number of carboxylic acids is 1. The van der Waals surface area contributed by atoms with Crippen LogP contribution in [0.2, 0.25) is 0 Å². The van der Waals surface area contributed by atoms with Gasteiger partial charge in [-0.25, -0.2) is 14.8 Å². The van der Waals surface area contributed by atoms with Crippen molar-refractivity contribution in [1.29, 1.82) is 0 Å². The molecule has 1 amide bonds. The van der Waals surface area contributed by atoms with Gasteiger partial charge in [-0.15, -0.1) is 0 Å². The van der Waals surface area contributed by atoms with Crippen molar-refractivity contribution in [2.45, 2.75) is 37.5 Å². The van der Waals surface area contributed by atoms with Crippen molar-refractivity contribution >= 4 is 29.6 Å². The summed E-state index contributed by atoms with van der Waals surface area (Å²) < 4.78 is 0. The number of carbonyl (C=O) groups is 2. The van der Waals surface area contributed by atoms with Gasteiger partial charge in [-0.05, 0) is 42.9 Å². The zero-order valence-corrected chi connectivity index (χ0v) is 20.6. The van der Waals surface area contributed by atoms with Gasteiger partial charge in [0.1, 0.15) is 11.7 Å². The van der Waals surface area contributed by atoms with Gasteiger partial charge < -0.3 is 15.3 Å². The van der Waals surface area contributed by atoms with Crippen LogP contribution in [0.3, 0.4) is 0 Å². The van der Waals surface area contributed by atoms with E-state index in [1.54, 1.807) is 6.07 Å². The number of aryl methyl sites for hydroxylation is 1. The van der Waals surface area contributed by atoms with Crippen molar-refractivity contribution in [3.63, 3.8) is 0 Å². The van der Waals surface area contributed by atoms with Crippen molar-refractivity contribution in [1.82, 2.24) is 15.3 Å². The Morgan fingerprint density at radius 3 is 2.37 bits per heavy atom. The van der Waals surface area contributed by atoms with Gasteiger partial charge >= 0.3 is 5.97 Å². The fraction of sp³-hybridized carbons (Fsp3) is 0.333. The monoisotopic (exact) mass is 490 g/mol. The zero-order chi connectivity index (χ0) is 24.6. The van der Waals surface area contributed by atoms with Crippen LogP contribution in [0.25, 0.3) is 0 Å². The largest absolute Gasteiger partial charge is 0.480 e. The SMILES string of the molecule is Cc1cc(C(=O)N[C@@H](CSCc2ccccc2)C(=O)O)nc(N2CCC(c3ccccc3)CC2)n1. The third kappa shape index (κ3) is 6.82. The van der Waals surface area contributed by atoms with Gasteiger partial charge in [-0.1, -0.05) is 60.7 Å². The molecule has 0 radical (unpaired) electrons. The summed E-state index contributed by atoms with van der Waals surface area (Å²) in [7, 11) is 0. The highest BCUT2D eigenvalue weighted by Gasteiger charge is 2.25. The molecule has 0 unspecified atom stereocenters. The van der Waals surface area contributed by atoms with Gasteiger partial charge in [0.2, 0.25) is 5.95 Å². The van der Waals surface area contributed by atoms with Crippen molar-refractivity contribution < 1.29 is 14.7 Å². The quantitative estimate of drug-likeness (QED) is 0.462. The highest BCUT2D eigenvalue weighted by atomic mass is 32.2. The molecule has 4 rings (SSSR count). The standard InChI is InChI=1S/C27H30N4O3S/c1-19-16-23(25(32)29-24(26(33)34)18-35-17-20-8-4-2-5-9-20)30-27(28-19)31-14-12-22(13-15-31)21-10-6-3-7-11-21/h2-11,16,22,24H,12-15,17-18H2,1H3,(H,29,32)(H,33,34)/t24-/m0/s1. The average Bonchev–Trinajstić information content (AvgIpc) is 2.89. The van der Waals surface area contributed by atoms with Crippen LogP contribution in [-0.2, 0) is 10.5 Å². The summed E-state index contributed by atoms with van der Waals surface area (Å²) in [6, 6.07) is 20.9. The summed E-state index contributed by atoms with van der Waals surface area (Å²) in [5.41, 5.74) is 3.33. The van der Waals surface area contributed by atoms with Gasteiger partial charge in [0.25, 0.3) is 5.91 Å². The number of nitrogens with one attached hydrogen (secondary N) is 1. The minimum atomic E-state index is -1.06. The molecule has 0 bridgehead atoms. The Bertz CT molecular complexity index is 1140. The number of carbonyl (C=O) groups excluding carboxylic acids is 1. The lowest BCUT2D eigenvalue weighted by Crippen LogP contribution is -2.43. The molecule has 1 fully saturated rings. The molecule has 3 aromatic rings. The van der Waals surface area contributed by atoms with Crippen molar-refractivity contribution in [2.24, 2.45) is 0 Å². The van der Waals surface area contributed by atoms with E-state index < -0.39 is 17.9 Å². The summed E-state index contributed by atoms with van der Waals surface area (Å²) in [5.74, 6) is 0.407. The summed E-state index contributed by atoms with van der Waals surface area (Å²) in [6.07, 6.45) is 1.98. The van der Waals surface area contributed by atoms with Gasteiger partial charge in [-0.2, -0.15) is 11.8 Å². The number of amides is 1. The predicted octanol–water partition coefficient (Wildman–Crippen LogP) is 4.29. The molecule has 7 nitrogen and oxygen atoms in total. The second-order valence-electron chi connectivity index (χ2n) is 8.73. The molecule has 0 saturated carbocycles. The molecular formula is C27H30N4O3S.